The summed E-state index contributed by atoms with van der Waals surface area (Å²) in [5.74, 6) is 2.65. The lowest BCUT2D eigenvalue weighted by molar-refractivity contribution is 0.625. The first kappa shape index (κ1) is 23.9. The van der Waals surface area contributed by atoms with Crippen molar-refractivity contribution in [3.05, 3.63) is 35.1 Å². The molecule has 0 saturated carbocycles. The molecule has 7 heteroatoms. The average Bonchev–Trinajstić information content (AvgIpc) is 2.54. The Balaban J connectivity index is 0.00000529. The van der Waals surface area contributed by atoms with Gasteiger partial charge in [0.25, 0.3) is 0 Å². The van der Waals surface area contributed by atoms with E-state index in [9.17, 15) is 4.39 Å². The fourth-order valence-electron chi connectivity index (χ4n) is 2.12. The molecule has 0 aromatic heterocycles. The molecule has 0 spiro atoms. The predicted octanol–water partition coefficient (Wildman–Crippen LogP) is 4.51. The van der Waals surface area contributed by atoms with Gasteiger partial charge in [-0.1, -0.05) is 6.07 Å². The minimum atomic E-state index is -0.180. The van der Waals surface area contributed by atoms with Crippen LogP contribution in [0.25, 0.3) is 0 Å². The maximum Gasteiger partial charge on any atom is 0.191 e. The number of nitrogens with one attached hydrogen (secondary N) is 2. The Morgan fingerprint density at radius 1 is 1.12 bits per heavy atom. The maximum atomic E-state index is 13.4. The summed E-state index contributed by atoms with van der Waals surface area (Å²) in [7, 11) is 0. The maximum absolute atomic E-state index is 13.4. The van der Waals surface area contributed by atoms with Gasteiger partial charge in [0.2, 0.25) is 0 Å². The highest BCUT2D eigenvalue weighted by Crippen LogP contribution is 2.17. The molecule has 2 N–H and O–H groups in total. The highest BCUT2D eigenvalue weighted by Gasteiger charge is 2.04. The third-order valence-electron chi connectivity index (χ3n) is 3.29. The second-order valence-corrected chi connectivity index (χ2v) is 7.02. The molecule has 0 atom stereocenters. The summed E-state index contributed by atoms with van der Waals surface area (Å²) in [4.78, 5) is 4.63. The lowest BCUT2D eigenvalue weighted by Crippen LogP contribution is -2.37. The van der Waals surface area contributed by atoms with E-state index in [2.05, 4.69) is 28.8 Å². The number of benzene rings is 1. The third-order valence-corrected chi connectivity index (χ3v) is 4.58. The van der Waals surface area contributed by atoms with E-state index in [1.54, 1.807) is 17.8 Å². The fraction of sp³-hybridized carbons (Fsp3) is 0.588. The van der Waals surface area contributed by atoms with Gasteiger partial charge in [0.1, 0.15) is 5.82 Å². The lowest BCUT2D eigenvalue weighted by Gasteiger charge is -2.12. The van der Waals surface area contributed by atoms with Gasteiger partial charge >= 0.3 is 0 Å². The van der Waals surface area contributed by atoms with Crippen LogP contribution in [0.1, 0.15) is 30.9 Å². The Bertz CT molecular complexity index is 487. The van der Waals surface area contributed by atoms with E-state index in [0.29, 0.717) is 6.54 Å². The lowest BCUT2D eigenvalue weighted by atomic mass is 10.1. The van der Waals surface area contributed by atoms with Crippen LogP contribution in [0.4, 0.5) is 4.39 Å². The van der Waals surface area contributed by atoms with Crippen molar-refractivity contribution in [1.29, 1.82) is 0 Å². The topological polar surface area (TPSA) is 36.4 Å². The average molecular weight is 485 g/mol. The van der Waals surface area contributed by atoms with Gasteiger partial charge in [-0.25, -0.2) is 9.38 Å². The van der Waals surface area contributed by atoms with E-state index in [0.717, 1.165) is 42.3 Å². The largest absolute Gasteiger partial charge is 0.357 e. The molecule has 0 radical (unpaired) electrons. The number of nitrogens with zero attached hydrogens (tertiary/aromatic N) is 1. The molecule has 138 valence electrons. The molecule has 0 aliphatic rings. The zero-order chi connectivity index (χ0) is 16.9. The summed E-state index contributed by atoms with van der Waals surface area (Å²) in [5.41, 5.74) is 2.11. The van der Waals surface area contributed by atoms with E-state index in [1.165, 1.54) is 18.2 Å². The van der Waals surface area contributed by atoms with Crippen molar-refractivity contribution >= 4 is 53.5 Å². The molecule has 3 nitrogen and oxygen atoms in total. The summed E-state index contributed by atoms with van der Waals surface area (Å²) in [6.07, 6.45) is 6.51. The van der Waals surface area contributed by atoms with Gasteiger partial charge in [-0.2, -0.15) is 23.5 Å². The normalized spacial score (nSPS) is 11.1. The molecule has 0 aliphatic carbocycles. The van der Waals surface area contributed by atoms with Gasteiger partial charge in [-0.05, 0) is 61.3 Å². The first-order valence-electron chi connectivity index (χ1n) is 7.98. The van der Waals surface area contributed by atoms with Crippen LogP contribution >= 0.6 is 47.5 Å². The Morgan fingerprint density at radius 3 is 2.58 bits per heavy atom. The fourth-order valence-corrected chi connectivity index (χ4v) is 3.20. The Labute approximate surface area is 171 Å². The molecule has 0 unspecified atom stereocenters. The van der Waals surface area contributed by atoms with Crippen LogP contribution in [0.15, 0.2) is 23.2 Å². The molecule has 0 fully saturated rings. The summed E-state index contributed by atoms with van der Waals surface area (Å²) in [6, 6.07) is 4.97. The smallest absolute Gasteiger partial charge is 0.191 e. The Hall–Kier alpha value is -0.150. The van der Waals surface area contributed by atoms with Crippen molar-refractivity contribution in [2.24, 2.45) is 4.99 Å². The molecule has 0 saturated heterocycles. The first-order chi connectivity index (χ1) is 11.2. The predicted molar refractivity (Wildman–Crippen MR) is 119 cm³/mol. The number of guanidine groups is 1. The van der Waals surface area contributed by atoms with E-state index < -0.39 is 0 Å². The molecule has 0 amide bonds. The molecule has 24 heavy (non-hydrogen) atoms. The number of thioether (sulfide) groups is 2. The van der Waals surface area contributed by atoms with Crippen molar-refractivity contribution in [3.63, 3.8) is 0 Å². The zero-order valence-electron chi connectivity index (χ0n) is 14.7. The van der Waals surface area contributed by atoms with Crippen molar-refractivity contribution in [1.82, 2.24) is 10.6 Å². The van der Waals surface area contributed by atoms with Crippen LogP contribution in [-0.2, 0) is 12.3 Å². The number of halogens is 2. The third kappa shape index (κ3) is 9.98. The number of unbranched alkanes of at least 4 members (excludes halogenated alkanes) is 1. The van der Waals surface area contributed by atoms with E-state index >= 15 is 0 Å². The first-order valence-corrected chi connectivity index (χ1v) is 10.8. The Kier molecular flexibility index (Phi) is 15.0. The summed E-state index contributed by atoms with van der Waals surface area (Å²) in [5, 5.41) is 6.62. The number of aliphatic imine (C=N–C) groups is 1. The Morgan fingerprint density at radius 2 is 1.92 bits per heavy atom. The van der Waals surface area contributed by atoms with Crippen molar-refractivity contribution < 1.29 is 4.39 Å². The second-order valence-electron chi connectivity index (χ2n) is 5.17. The van der Waals surface area contributed by atoms with Crippen LogP contribution in [0.5, 0.6) is 0 Å². The quantitative estimate of drug-likeness (QED) is 0.221. The molecule has 1 rings (SSSR count). The van der Waals surface area contributed by atoms with Crippen molar-refractivity contribution in [2.75, 3.05) is 31.4 Å². The molecule has 0 heterocycles. The molecular weight excluding hydrogens is 456 g/mol. The molecular formula is C17H29FIN3S2. The number of hydrogen-bond donors (Lipinski definition) is 2. The minimum absolute atomic E-state index is 0. The molecule has 0 bridgehead atoms. The zero-order valence-corrected chi connectivity index (χ0v) is 18.7. The van der Waals surface area contributed by atoms with Gasteiger partial charge in [-0.3, -0.25) is 0 Å². The standard InChI is InChI=1S/C17H28FN3S2.HI/c1-4-19-17(20-9-5-6-10-22-2)21-12-14-7-8-16(18)11-15(14)13-23-3;/h7-8,11H,4-6,9-10,12-13H2,1-3H3,(H2,19,20,21);1H. The van der Waals surface area contributed by atoms with Gasteiger partial charge in [0.05, 0.1) is 6.54 Å². The van der Waals surface area contributed by atoms with Crippen LogP contribution < -0.4 is 10.6 Å². The monoisotopic (exact) mass is 485 g/mol. The van der Waals surface area contributed by atoms with Gasteiger partial charge in [0.15, 0.2) is 5.96 Å². The minimum Gasteiger partial charge on any atom is -0.357 e. The van der Waals surface area contributed by atoms with Crippen LogP contribution in [-0.4, -0.2) is 37.3 Å². The molecule has 0 aliphatic heterocycles. The summed E-state index contributed by atoms with van der Waals surface area (Å²) in [6.45, 7) is 4.38. The SMILES string of the molecule is CCNC(=NCc1ccc(F)cc1CSC)NCCCCSC.I. The highest BCUT2D eigenvalue weighted by molar-refractivity contribution is 14.0. The summed E-state index contributed by atoms with van der Waals surface area (Å²) >= 11 is 3.57. The summed E-state index contributed by atoms with van der Waals surface area (Å²) < 4.78 is 13.4. The number of hydrogen-bond acceptors (Lipinski definition) is 3. The van der Waals surface area contributed by atoms with Crippen LogP contribution in [0.3, 0.4) is 0 Å². The molecule has 1 aromatic carbocycles. The second kappa shape index (κ2) is 15.1. The molecule has 1 aromatic rings. The van der Waals surface area contributed by atoms with E-state index in [-0.39, 0.29) is 29.8 Å². The van der Waals surface area contributed by atoms with Crippen LogP contribution in [0.2, 0.25) is 0 Å². The van der Waals surface area contributed by atoms with E-state index in [1.807, 2.05) is 24.1 Å². The van der Waals surface area contributed by atoms with Gasteiger partial charge < -0.3 is 10.6 Å². The van der Waals surface area contributed by atoms with Crippen molar-refractivity contribution in [2.45, 2.75) is 32.1 Å². The van der Waals surface area contributed by atoms with E-state index in [4.69, 9.17) is 0 Å². The number of rotatable bonds is 10. The van der Waals surface area contributed by atoms with Crippen LogP contribution in [0, 0.1) is 5.82 Å². The van der Waals surface area contributed by atoms with Crippen molar-refractivity contribution in [3.8, 4) is 0 Å². The van der Waals surface area contributed by atoms with Gasteiger partial charge in [0, 0.05) is 18.8 Å². The highest BCUT2D eigenvalue weighted by atomic mass is 127. The van der Waals surface area contributed by atoms with Gasteiger partial charge in [-0.15, -0.1) is 24.0 Å².